The molecule has 0 aromatic carbocycles. The Morgan fingerprint density at radius 2 is 2.00 bits per heavy atom. The third-order valence-corrected chi connectivity index (χ3v) is 2.30. The third-order valence-electron chi connectivity index (χ3n) is 2.30. The average molecular weight is 230 g/mol. The van der Waals surface area contributed by atoms with E-state index in [1.165, 1.54) is 4.90 Å². The number of carboxylic acid groups (broad SMARTS) is 1. The Bertz CT molecular complexity index is 219. The molecule has 0 aromatic rings. The summed E-state index contributed by atoms with van der Waals surface area (Å²) >= 11 is 0. The number of unbranched alkanes of at least 4 members (excludes halogenated alkanes) is 2. The maximum absolute atomic E-state index is 11.7. The van der Waals surface area contributed by atoms with Crippen LogP contribution in [0, 0.1) is 0 Å². The monoisotopic (exact) mass is 230 g/mol. The van der Waals surface area contributed by atoms with E-state index in [9.17, 15) is 9.59 Å². The fourth-order valence-electron chi connectivity index (χ4n) is 1.40. The number of hydrogen-bond donors (Lipinski definition) is 2. The quantitative estimate of drug-likeness (QED) is 0.572. The zero-order valence-corrected chi connectivity index (χ0v) is 10.2. The molecular formula is C11H22N2O3. The molecule has 0 aromatic heterocycles. The van der Waals surface area contributed by atoms with Crippen molar-refractivity contribution in [3.05, 3.63) is 0 Å². The van der Waals surface area contributed by atoms with Crippen molar-refractivity contribution in [3.63, 3.8) is 0 Å². The molecule has 0 spiro atoms. The van der Waals surface area contributed by atoms with Crippen LogP contribution < -0.4 is 5.32 Å². The molecule has 0 aliphatic rings. The summed E-state index contributed by atoms with van der Waals surface area (Å²) in [6, 6.07) is 0. The van der Waals surface area contributed by atoms with Crippen LogP contribution in [0.15, 0.2) is 0 Å². The van der Waals surface area contributed by atoms with Crippen LogP contribution in [-0.2, 0) is 9.59 Å². The smallest absolute Gasteiger partial charge is 0.323 e. The van der Waals surface area contributed by atoms with Gasteiger partial charge in [-0.25, -0.2) is 0 Å². The second kappa shape index (κ2) is 9.15. The van der Waals surface area contributed by atoms with Crippen LogP contribution >= 0.6 is 0 Å². The standard InChI is InChI=1S/C11H22N2O3/c1-3-4-5-8-13(9-11(15)16)10(14)6-7-12-2/h12H,3-9H2,1-2H3,(H,15,16). The zero-order valence-electron chi connectivity index (χ0n) is 10.2. The summed E-state index contributed by atoms with van der Waals surface area (Å²) in [5.41, 5.74) is 0. The summed E-state index contributed by atoms with van der Waals surface area (Å²) in [6.45, 7) is 3.02. The van der Waals surface area contributed by atoms with Crippen molar-refractivity contribution in [2.45, 2.75) is 32.6 Å². The minimum absolute atomic E-state index is 0.0900. The van der Waals surface area contributed by atoms with Gasteiger partial charge >= 0.3 is 5.97 Å². The van der Waals surface area contributed by atoms with Crippen molar-refractivity contribution in [1.29, 1.82) is 0 Å². The molecule has 0 aliphatic heterocycles. The van der Waals surface area contributed by atoms with E-state index < -0.39 is 5.97 Å². The van der Waals surface area contributed by atoms with E-state index in [4.69, 9.17) is 5.11 Å². The molecule has 94 valence electrons. The van der Waals surface area contributed by atoms with E-state index in [1.54, 1.807) is 7.05 Å². The van der Waals surface area contributed by atoms with E-state index >= 15 is 0 Å². The van der Waals surface area contributed by atoms with Gasteiger partial charge in [-0.1, -0.05) is 19.8 Å². The van der Waals surface area contributed by atoms with Crippen molar-refractivity contribution in [2.24, 2.45) is 0 Å². The second-order valence-corrected chi connectivity index (χ2v) is 3.77. The first kappa shape index (κ1) is 14.9. The van der Waals surface area contributed by atoms with E-state index in [0.717, 1.165) is 19.3 Å². The number of carboxylic acids is 1. The zero-order chi connectivity index (χ0) is 12.4. The van der Waals surface area contributed by atoms with Crippen LogP contribution in [0.3, 0.4) is 0 Å². The highest BCUT2D eigenvalue weighted by Gasteiger charge is 2.15. The minimum atomic E-state index is -0.950. The number of nitrogens with zero attached hydrogens (tertiary/aromatic N) is 1. The maximum Gasteiger partial charge on any atom is 0.323 e. The molecule has 0 unspecified atom stereocenters. The van der Waals surface area contributed by atoms with Crippen molar-refractivity contribution >= 4 is 11.9 Å². The van der Waals surface area contributed by atoms with Gasteiger partial charge in [0.05, 0.1) is 0 Å². The average Bonchev–Trinajstić information content (AvgIpc) is 2.24. The van der Waals surface area contributed by atoms with Crippen molar-refractivity contribution < 1.29 is 14.7 Å². The van der Waals surface area contributed by atoms with Crippen LogP contribution in [-0.4, -0.2) is 48.6 Å². The summed E-state index contributed by atoms with van der Waals surface area (Å²) in [5.74, 6) is -1.04. The topological polar surface area (TPSA) is 69.6 Å². The van der Waals surface area contributed by atoms with Gasteiger partial charge in [-0.05, 0) is 13.5 Å². The van der Waals surface area contributed by atoms with Gasteiger partial charge in [-0.3, -0.25) is 9.59 Å². The fraction of sp³-hybridized carbons (Fsp3) is 0.818. The number of aliphatic carboxylic acids is 1. The highest BCUT2D eigenvalue weighted by atomic mass is 16.4. The first-order valence-electron chi connectivity index (χ1n) is 5.76. The van der Waals surface area contributed by atoms with Crippen LogP contribution in [0.25, 0.3) is 0 Å². The third kappa shape index (κ3) is 7.23. The second-order valence-electron chi connectivity index (χ2n) is 3.77. The number of carbonyl (C=O) groups is 2. The molecule has 5 nitrogen and oxygen atoms in total. The van der Waals surface area contributed by atoms with Gasteiger partial charge in [0.1, 0.15) is 6.54 Å². The first-order chi connectivity index (χ1) is 7.61. The van der Waals surface area contributed by atoms with Gasteiger partial charge in [-0.2, -0.15) is 0 Å². The van der Waals surface area contributed by atoms with Crippen LogP contribution in [0.1, 0.15) is 32.6 Å². The lowest BCUT2D eigenvalue weighted by Crippen LogP contribution is -2.37. The number of rotatable bonds is 9. The Hall–Kier alpha value is -1.10. The molecule has 0 fully saturated rings. The summed E-state index contributed by atoms with van der Waals surface area (Å²) in [4.78, 5) is 23.7. The van der Waals surface area contributed by atoms with Gasteiger partial charge < -0.3 is 15.3 Å². The molecule has 0 saturated carbocycles. The number of hydrogen-bond acceptors (Lipinski definition) is 3. The minimum Gasteiger partial charge on any atom is -0.480 e. The van der Waals surface area contributed by atoms with Gasteiger partial charge in [0.15, 0.2) is 0 Å². The van der Waals surface area contributed by atoms with Crippen molar-refractivity contribution in [2.75, 3.05) is 26.7 Å². The molecule has 5 heteroatoms. The summed E-state index contributed by atoms with van der Waals surface area (Å²) in [7, 11) is 1.77. The van der Waals surface area contributed by atoms with Crippen molar-refractivity contribution in [3.8, 4) is 0 Å². The molecule has 2 N–H and O–H groups in total. The molecule has 0 aliphatic carbocycles. The predicted octanol–water partition coefficient (Wildman–Crippen LogP) is 0.699. The molecule has 0 rings (SSSR count). The Labute approximate surface area is 96.8 Å². The van der Waals surface area contributed by atoms with E-state index in [0.29, 0.717) is 19.5 Å². The lowest BCUT2D eigenvalue weighted by atomic mass is 10.2. The highest BCUT2D eigenvalue weighted by Crippen LogP contribution is 2.00. The number of carbonyl (C=O) groups excluding carboxylic acids is 1. The van der Waals surface area contributed by atoms with Crippen LogP contribution in [0.2, 0.25) is 0 Å². The van der Waals surface area contributed by atoms with E-state index in [-0.39, 0.29) is 12.5 Å². The Kier molecular flexibility index (Phi) is 8.52. The molecule has 0 saturated heterocycles. The van der Waals surface area contributed by atoms with Gasteiger partial charge in [0, 0.05) is 19.5 Å². The summed E-state index contributed by atoms with van der Waals surface area (Å²) in [6.07, 6.45) is 3.31. The van der Waals surface area contributed by atoms with Gasteiger partial charge in [0.2, 0.25) is 5.91 Å². The lowest BCUT2D eigenvalue weighted by Gasteiger charge is -2.20. The number of nitrogens with one attached hydrogen (secondary N) is 1. The van der Waals surface area contributed by atoms with E-state index in [1.807, 2.05) is 0 Å². The molecule has 0 bridgehead atoms. The van der Waals surface area contributed by atoms with Gasteiger partial charge in [0.25, 0.3) is 0 Å². The van der Waals surface area contributed by atoms with Crippen molar-refractivity contribution in [1.82, 2.24) is 10.2 Å². The Morgan fingerprint density at radius 3 is 2.50 bits per heavy atom. The first-order valence-corrected chi connectivity index (χ1v) is 5.76. The molecule has 16 heavy (non-hydrogen) atoms. The molecule has 1 amide bonds. The fourth-order valence-corrected chi connectivity index (χ4v) is 1.40. The summed E-state index contributed by atoms with van der Waals surface area (Å²) in [5, 5.41) is 11.6. The van der Waals surface area contributed by atoms with Crippen LogP contribution in [0.4, 0.5) is 0 Å². The van der Waals surface area contributed by atoms with Gasteiger partial charge in [-0.15, -0.1) is 0 Å². The molecule has 0 atom stereocenters. The normalized spacial score (nSPS) is 10.1. The Balaban J connectivity index is 4.06. The lowest BCUT2D eigenvalue weighted by molar-refractivity contribution is -0.144. The predicted molar refractivity (Wildman–Crippen MR) is 62.3 cm³/mol. The van der Waals surface area contributed by atoms with Crippen LogP contribution in [0.5, 0.6) is 0 Å². The molecular weight excluding hydrogens is 208 g/mol. The SMILES string of the molecule is CCCCCN(CC(=O)O)C(=O)CCNC. The molecule has 0 heterocycles. The number of amides is 1. The largest absolute Gasteiger partial charge is 0.480 e. The summed E-state index contributed by atoms with van der Waals surface area (Å²) < 4.78 is 0. The van der Waals surface area contributed by atoms with E-state index in [2.05, 4.69) is 12.2 Å². The molecule has 0 radical (unpaired) electrons. The highest BCUT2D eigenvalue weighted by molar-refractivity contribution is 5.81. The Morgan fingerprint density at radius 1 is 1.31 bits per heavy atom. The maximum atomic E-state index is 11.7.